The topological polar surface area (TPSA) is 0 Å². The highest BCUT2D eigenvalue weighted by atomic mass is 28.3. The molecule has 1 aromatic rings. The van der Waals surface area contributed by atoms with E-state index < -0.39 is 8.80 Å². The van der Waals surface area contributed by atoms with E-state index in [1.807, 2.05) is 0 Å². The van der Waals surface area contributed by atoms with Crippen molar-refractivity contribution in [2.75, 3.05) is 0 Å². The SMILES string of the molecule is CC1=C(C)C([SiH](C)C)c2cc(C)cc(C)c21. The average Bonchev–Trinajstić information content (AvgIpc) is 2.38. The molecule has 0 aromatic heterocycles. The molecule has 2 rings (SSSR count). The van der Waals surface area contributed by atoms with Crippen LogP contribution in [0.25, 0.3) is 5.57 Å². The molecule has 0 fully saturated rings. The lowest BCUT2D eigenvalue weighted by atomic mass is 9.98. The maximum atomic E-state index is 2.47. The molecule has 0 saturated heterocycles. The molecular formula is C15H22Si. The number of hydrogen-bond acceptors (Lipinski definition) is 0. The number of rotatable bonds is 1. The Balaban J connectivity index is 2.69. The summed E-state index contributed by atoms with van der Waals surface area (Å²) in [5.41, 5.74) is 9.99. The quantitative estimate of drug-likeness (QED) is 0.634. The molecule has 0 spiro atoms. The number of aryl methyl sites for hydroxylation is 2. The molecule has 86 valence electrons. The summed E-state index contributed by atoms with van der Waals surface area (Å²) in [6.45, 7) is 14.0. The van der Waals surface area contributed by atoms with Crippen LogP contribution in [0.1, 0.15) is 41.6 Å². The van der Waals surface area contributed by atoms with Gasteiger partial charge < -0.3 is 0 Å². The van der Waals surface area contributed by atoms with E-state index in [9.17, 15) is 0 Å². The van der Waals surface area contributed by atoms with Crippen LogP contribution in [0.4, 0.5) is 0 Å². The first-order valence-electron chi connectivity index (χ1n) is 6.22. The number of hydrogen-bond donors (Lipinski definition) is 0. The number of allylic oxidation sites excluding steroid dienone is 2. The molecule has 1 unspecified atom stereocenters. The van der Waals surface area contributed by atoms with Gasteiger partial charge in [-0.05, 0) is 55.5 Å². The van der Waals surface area contributed by atoms with Gasteiger partial charge in [0.15, 0.2) is 0 Å². The van der Waals surface area contributed by atoms with Gasteiger partial charge in [-0.3, -0.25) is 0 Å². The summed E-state index contributed by atoms with van der Waals surface area (Å²) in [6, 6.07) is 4.74. The van der Waals surface area contributed by atoms with Gasteiger partial charge in [0.05, 0.1) is 0 Å². The Bertz CT molecular complexity index is 467. The average molecular weight is 230 g/mol. The normalized spacial score (nSPS) is 19.6. The van der Waals surface area contributed by atoms with Crippen molar-refractivity contribution in [1.29, 1.82) is 0 Å². The van der Waals surface area contributed by atoms with E-state index >= 15 is 0 Å². The molecule has 1 atom stereocenters. The Kier molecular flexibility index (Phi) is 2.83. The smallest absolute Gasteiger partial charge is 0.0439 e. The fourth-order valence-corrected chi connectivity index (χ4v) is 5.51. The summed E-state index contributed by atoms with van der Waals surface area (Å²) in [6.07, 6.45) is 0. The minimum atomic E-state index is -0.655. The fourth-order valence-electron chi connectivity index (χ4n) is 3.28. The zero-order chi connectivity index (χ0) is 12.0. The highest BCUT2D eigenvalue weighted by Crippen LogP contribution is 2.44. The highest BCUT2D eigenvalue weighted by Gasteiger charge is 2.30. The molecule has 16 heavy (non-hydrogen) atoms. The van der Waals surface area contributed by atoms with Gasteiger partial charge in [-0.2, -0.15) is 0 Å². The van der Waals surface area contributed by atoms with Gasteiger partial charge in [0, 0.05) is 8.80 Å². The van der Waals surface area contributed by atoms with Crippen LogP contribution in [0.3, 0.4) is 0 Å². The van der Waals surface area contributed by atoms with Crippen molar-refractivity contribution in [1.82, 2.24) is 0 Å². The molecule has 0 nitrogen and oxygen atoms in total. The third-order valence-electron chi connectivity index (χ3n) is 3.95. The molecule has 0 amide bonds. The van der Waals surface area contributed by atoms with Gasteiger partial charge in [-0.25, -0.2) is 0 Å². The summed E-state index contributed by atoms with van der Waals surface area (Å²) >= 11 is 0. The van der Waals surface area contributed by atoms with Gasteiger partial charge in [-0.1, -0.05) is 36.4 Å². The van der Waals surface area contributed by atoms with Crippen LogP contribution in [0, 0.1) is 13.8 Å². The van der Waals surface area contributed by atoms with E-state index in [-0.39, 0.29) is 0 Å². The summed E-state index contributed by atoms with van der Waals surface area (Å²) in [5, 5.41) is 0. The molecule has 0 bridgehead atoms. The maximum Gasteiger partial charge on any atom is 0.0439 e. The first kappa shape index (κ1) is 11.7. The predicted molar refractivity (Wildman–Crippen MR) is 75.8 cm³/mol. The van der Waals surface area contributed by atoms with E-state index in [1.165, 1.54) is 11.1 Å². The number of fused-ring (bicyclic) bond motifs is 1. The van der Waals surface area contributed by atoms with Crippen molar-refractivity contribution >= 4 is 14.4 Å². The number of benzene rings is 1. The van der Waals surface area contributed by atoms with Crippen LogP contribution in [-0.4, -0.2) is 8.80 Å². The molecule has 1 aliphatic rings. The zero-order valence-corrected chi connectivity index (χ0v) is 12.5. The monoisotopic (exact) mass is 230 g/mol. The highest BCUT2D eigenvalue weighted by molar-refractivity contribution is 6.59. The third-order valence-corrected chi connectivity index (χ3v) is 6.14. The van der Waals surface area contributed by atoms with Crippen molar-refractivity contribution in [2.24, 2.45) is 0 Å². The van der Waals surface area contributed by atoms with E-state index in [1.54, 1.807) is 22.3 Å². The van der Waals surface area contributed by atoms with E-state index in [2.05, 4.69) is 52.9 Å². The van der Waals surface area contributed by atoms with Crippen LogP contribution >= 0.6 is 0 Å². The lowest BCUT2D eigenvalue weighted by molar-refractivity contribution is 1.09. The second kappa shape index (κ2) is 3.88. The lowest BCUT2D eigenvalue weighted by Gasteiger charge is -2.18. The summed E-state index contributed by atoms with van der Waals surface area (Å²) in [7, 11) is -0.655. The van der Waals surface area contributed by atoms with Gasteiger partial charge in [0.2, 0.25) is 0 Å². The summed E-state index contributed by atoms with van der Waals surface area (Å²) < 4.78 is 0. The van der Waals surface area contributed by atoms with Gasteiger partial charge in [0.1, 0.15) is 0 Å². The first-order valence-corrected chi connectivity index (χ1v) is 9.20. The van der Waals surface area contributed by atoms with Crippen LogP contribution in [0.5, 0.6) is 0 Å². The van der Waals surface area contributed by atoms with Crippen molar-refractivity contribution in [3.05, 3.63) is 40.0 Å². The van der Waals surface area contributed by atoms with Gasteiger partial charge in [-0.15, -0.1) is 0 Å². The third kappa shape index (κ3) is 1.58. The Labute approximate surface area is 101 Å². The van der Waals surface area contributed by atoms with E-state index in [0.717, 1.165) is 5.54 Å². The Hall–Kier alpha value is -0.823. The Morgan fingerprint density at radius 3 is 2.19 bits per heavy atom. The molecule has 0 aliphatic heterocycles. The summed E-state index contributed by atoms with van der Waals surface area (Å²) in [4.78, 5) is 0. The Morgan fingerprint density at radius 1 is 1.00 bits per heavy atom. The largest absolute Gasteiger partial charge is 0.0714 e. The minimum Gasteiger partial charge on any atom is -0.0714 e. The lowest BCUT2D eigenvalue weighted by Crippen LogP contribution is -2.15. The maximum absolute atomic E-state index is 2.47. The second-order valence-electron chi connectivity index (χ2n) is 5.58. The Morgan fingerprint density at radius 2 is 1.62 bits per heavy atom. The van der Waals surface area contributed by atoms with Crippen molar-refractivity contribution in [3.63, 3.8) is 0 Å². The molecule has 1 aromatic carbocycles. The van der Waals surface area contributed by atoms with E-state index in [4.69, 9.17) is 0 Å². The van der Waals surface area contributed by atoms with Crippen molar-refractivity contribution < 1.29 is 0 Å². The van der Waals surface area contributed by atoms with Crippen LogP contribution in [-0.2, 0) is 0 Å². The minimum absolute atomic E-state index is 0.655. The van der Waals surface area contributed by atoms with E-state index in [0.29, 0.717) is 0 Å². The predicted octanol–water partition coefficient (Wildman–Crippen LogP) is 4.22. The fraction of sp³-hybridized carbons (Fsp3) is 0.467. The van der Waals surface area contributed by atoms with Gasteiger partial charge in [0.25, 0.3) is 0 Å². The molecule has 1 aliphatic carbocycles. The van der Waals surface area contributed by atoms with Gasteiger partial charge >= 0.3 is 0 Å². The second-order valence-corrected chi connectivity index (χ2v) is 8.73. The zero-order valence-electron chi connectivity index (χ0n) is 11.3. The van der Waals surface area contributed by atoms with Crippen molar-refractivity contribution in [3.8, 4) is 0 Å². The standard InChI is InChI=1S/C15H22Si/c1-9-7-10(2)14-11(3)12(4)15(16(5)6)13(14)8-9/h7-8,15-16H,1-6H3. The van der Waals surface area contributed by atoms with Crippen LogP contribution in [0.15, 0.2) is 17.7 Å². The molecule has 0 radical (unpaired) electrons. The molecular weight excluding hydrogens is 208 g/mol. The summed E-state index contributed by atoms with van der Waals surface area (Å²) in [5.74, 6) is 0. The van der Waals surface area contributed by atoms with Crippen molar-refractivity contribution in [2.45, 2.75) is 46.3 Å². The molecule has 0 heterocycles. The first-order chi connectivity index (χ1) is 7.43. The van der Waals surface area contributed by atoms with Crippen LogP contribution in [0.2, 0.25) is 13.1 Å². The molecule has 0 saturated carbocycles. The van der Waals surface area contributed by atoms with Crippen LogP contribution < -0.4 is 0 Å². The molecule has 0 N–H and O–H groups in total. The molecule has 1 heteroatoms.